The molecule has 0 amide bonds. The Morgan fingerprint density at radius 1 is 0.455 bits per heavy atom. The lowest BCUT2D eigenvalue weighted by Gasteiger charge is -2.43. The quantitative estimate of drug-likeness (QED) is 0.195. The molecule has 10 heteroatoms. The number of aliphatic carboxylic acids is 2. The second-order valence-corrected chi connectivity index (χ2v) is 10.1. The van der Waals surface area contributed by atoms with Crippen molar-refractivity contribution in [3.63, 3.8) is 0 Å². The minimum atomic E-state index is -1.61. The largest absolute Gasteiger partial charge is 0.481 e. The lowest BCUT2D eigenvalue weighted by molar-refractivity contribution is -0.197. The maximum atomic E-state index is 12.9. The number of carboxylic acids is 2. The van der Waals surface area contributed by atoms with E-state index in [1.54, 1.807) is 72.8 Å². The van der Waals surface area contributed by atoms with Gasteiger partial charge in [0, 0.05) is 0 Å². The molecule has 224 valence electrons. The molecule has 1 aliphatic carbocycles. The molecule has 0 saturated heterocycles. The molecule has 0 spiro atoms. The van der Waals surface area contributed by atoms with Gasteiger partial charge in [0.25, 0.3) is 0 Å². The number of carboxylic acid groups (broad SMARTS) is 2. The minimum Gasteiger partial charge on any atom is -0.481 e. The van der Waals surface area contributed by atoms with Crippen LogP contribution >= 0.6 is 0 Å². The van der Waals surface area contributed by atoms with E-state index in [4.69, 9.17) is 18.9 Å². The normalized spacial score (nSPS) is 18.7. The SMILES string of the molecule is O=C(O)[C@H]1[C@H](C(=O)OCc2ccc(Oc3ccccc3)cc2)[C@H](C(=O)O)[C@H]1C(=O)OCc1ccc(Oc2ccccc2)cc1. The number of para-hydroxylation sites is 2. The molecule has 0 aromatic heterocycles. The molecule has 0 heterocycles. The van der Waals surface area contributed by atoms with Crippen molar-refractivity contribution < 1.29 is 48.3 Å². The summed E-state index contributed by atoms with van der Waals surface area (Å²) in [6, 6.07) is 31.6. The number of esters is 2. The van der Waals surface area contributed by atoms with Crippen LogP contribution in [0.15, 0.2) is 109 Å². The fourth-order valence-electron chi connectivity index (χ4n) is 5.01. The number of benzene rings is 4. The van der Waals surface area contributed by atoms with E-state index in [0.29, 0.717) is 34.1 Å². The Hall–Kier alpha value is -5.64. The van der Waals surface area contributed by atoms with Crippen LogP contribution in [0, 0.1) is 23.7 Å². The van der Waals surface area contributed by atoms with Gasteiger partial charge in [-0.2, -0.15) is 0 Å². The predicted molar refractivity (Wildman–Crippen MR) is 155 cm³/mol. The zero-order chi connectivity index (χ0) is 31.1. The van der Waals surface area contributed by atoms with Gasteiger partial charge in [-0.15, -0.1) is 0 Å². The highest BCUT2D eigenvalue weighted by Gasteiger charge is 2.65. The third kappa shape index (κ3) is 7.04. The van der Waals surface area contributed by atoms with Gasteiger partial charge in [-0.1, -0.05) is 60.7 Å². The van der Waals surface area contributed by atoms with Crippen LogP contribution in [-0.2, 0) is 41.9 Å². The molecule has 0 aliphatic heterocycles. The average molecular weight is 597 g/mol. The average Bonchev–Trinajstić information content (AvgIpc) is 3.00. The van der Waals surface area contributed by atoms with Crippen LogP contribution < -0.4 is 9.47 Å². The first-order valence-corrected chi connectivity index (χ1v) is 13.7. The van der Waals surface area contributed by atoms with E-state index in [9.17, 15) is 29.4 Å². The summed E-state index contributed by atoms with van der Waals surface area (Å²) in [4.78, 5) is 50.0. The molecule has 1 saturated carbocycles. The van der Waals surface area contributed by atoms with Crippen LogP contribution in [0.25, 0.3) is 0 Å². The lowest BCUT2D eigenvalue weighted by atomic mass is 9.56. The second kappa shape index (κ2) is 13.6. The molecular weight excluding hydrogens is 568 g/mol. The molecular formula is C34H28O10. The van der Waals surface area contributed by atoms with Gasteiger partial charge in [0.1, 0.15) is 36.2 Å². The van der Waals surface area contributed by atoms with E-state index >= 15 is 0 Å². The van der Waals surface area contributed by atoms with Gasteiger partial charge in [-0.3, -0.25) is 19.2 Å². The Labute approximate surface area is 252 Å². The molecule has 2 N–H and O–H groups in total. The Kier molecular flexibility index (Phi) is 9.19. The van der Waals surface area contributed by atoms with E-state index < -0.39 is 47.5 Å². The second-order valence-electron chi connectivity index (χ2n) is 10.1. The van der Waals surface area contributed by atoms with Crippen molar-refractivity contribution in [1.82, 2.24) is 0 Å². The Morgan fingerprint density at radius 3 is 1.09 bits per heavy atom. The highest BCUT2D eigenvalue weighted by molar-refractivity contribution is 5.96. The summed E-state index contributed by atoms with van der Waals surface area (Å²) in [5.41, 5.74) is 1.15. The standard InChI is InChI=1S/C34H28O10/c35-31(36)27-29(33(39)41-19-21-11-15-25(16-12-21)43-23-7-3-1-4-8-23)28(32(37)38)30(27)34(40)42-20-22-13-17-26(18-14-22)44-24-9-5-2-6-10-24/h1-18,27-30H,19-20H2,(H,35,36)(H,37,38)/t27-,28-,29-,30-. The molecule has 0 radical (unpaired) electrons. The molecule has 44 heavy (non-hydrogen) atoms. The minimum absolute atomic E-state index is 0.223. The van der Waals surface area contributed by atoms with Gasteiger partial charge in [0.05, 0.1) is 23.7 Å². The topological polar surface area (TPSA) is 146 Å². The van der Waals surface area contributed by atoms with Crippen LogP contribution in [0.2, 0.25) is 0 Å². The van der Waals surface area contributed by atoms with Crippen molar-refractivity contribution in [3.8, 4) is 23.0 Å². The monoisotopic (exact) mass is 596 g/mol. The van der Waals surface area contributed by atoms with E-state index in [-0.39, 0.29) is 13.2 Å². The van der Waals surface area contributed by atoms with Crippen molar-refractivity contribution >= 4 is 23.9 Å². The van der Waals surface area contributed by atoms with Crippen LogP contribution in [-0.4, -0.2) is 34.1 Å². The maximum absolute atomic E-state index is 12.9. The molecule has 1 fully saturated rings. The molecule has 10 nitrogen and oxygen atoms in total. The summed E-state index contributed by atoms with van der Waals surface area (Å²) in [5.74, 6) is -8.95. The highest BCUT2D eigenvalue weighted by Crippen LogP contribution is 2.48. The van der Waals surface area contributed by atoms with Gasteiger partial charge in [-0.25, -0.2) is 0 Å². The third-order valence-electron chi connectivity index (χ3n) is 7.23. The van der Waals surface area contributed by atoms with Gasteiger partial charge in [0.2, 0.25) is 0 Å². The Balaban J connectivity index is 1.17. The summed E-state index contributed by atoms with van der Waals surface area (Å²) < 4.78 is 22.0. The Morgan fingerprint density at radius 2 is 0.773 bits per heavy atom. The van der Waals surface area contributed by atoms with E-state index in [2.05, 4.69) is 0 Å². The first kappa shape index (κ1) is 29.8. The number of carbonyl (C=O) groups excluding carboxylic acids is 2. The summed E-state index contributed by atoms with van der Waals surface area (Å²) in [5, 5.41) is 19.6. The molecule has 4 aromatic rings. The molecule has 0 atom stereocenters. The van der Waals surface area contributed by atoms with Gasteiger partial charge >= 0.3 is 23.9 Å². The number of rotatable bonds is 12. The zero-order valence-corrected chi connectivity index (χ0v) is 23.3. The summed E-state index contributed by atoms with van der Waals surface area (Å²) >= 11 is 0. The Bertz CT molecular complexity index is 1470. The van der Waals surface area contributed by atoms with Crippen LogP contribution in [0.3, 0.4) is 0 Å². The van der Waals surface area contributed by atoms with Crippen LogP contribution in [0.1, 0.15) is 11.1 Å². The van der Waals surface area contributed by atoms with Crippen LogP contribution in [0.5, 0.6) is 23.0 Å². The van der Waals surface area contributed by atoms with Crippen molar-refractivity contribution in [2.45, 2.75) is 13.2 Å². The summed E-state index contributed by atoms with van der Waals surface area (Å²) in [6.45, 7) is -0.447. The number of hydrogen-bond donors (Lipinski definition) is 2. The maximum Gasteiger partial charge on any atom is 0.311 e. The third-order valence-corrected chi connectivity index (χ3v) is 7.23. The van der Waals surface area contributed by atoms with Gasteiger partial charge in [-0.05, 0) is 59.7 Å². The number of ether oxygens (including phenoxy) is 4. The van der Waals surface area contributed by atoms with Crippen molar-refractivity contribution in [3.05, 3.63) is 120 Å². The smallest absolute Gasteiger partial charge is 0.311 e. The van der Waals surface area contributed by atoms with Crippen LogP contribution in [0.4, 0.5) is 0 Å². The van der Waals surface area contributed by atoms with E-state index in [0.717, 1.165) is 0 Å². The molecule has 1 aliphatic rings. The van der Waals surface area contributed by atoms with Crippen molar-refractivity contribution in [1.29, 1.82) is 0 Å². The molecule has 4 aromatic carbocycles. The van der Waals surface area contributed by atoms with Crippen molar-refractivity contribution in [2.24, 2.45) is 23.7 Å². The molecule has 0 bridgehead atoms. The fraction of sp³-hybridized carbons (Fsp3) is 0.176. The number of carbonyl (C=O) groups is 4. The first-order chi connectivity index (χ1) is 21.3. The predicted octanol–water partition coefficient (Wildman–Crippen LogP) is 5.71. The highest BCUT2D eigenvalue weighted by atomic mass is 16.5. The van der Waals surface area contributed by atoms with Gasteiger partial charge < -0.3 is 29.2 Å². The molecule has 5 rings (SSSR count). The van der Waals surface area contributed by atoms with E-state index in [1.807, 2.05) is 36.4 Å². The summed E-state index contributed by atoms with van der Waals surface area (Å²) in [7, 11) is 0. The fourth-order valence-corrected chi connectivity index (χ4v) is 5.01. The first-order valence-electron chi connectivity index (χ1n) is 13.7. The number of hydrogen-bond acceptors (Lipinski definition) is 8. The van der Waals surface area contributed by atoms with Gasteiger partial charge in [0.15, 0.2) is 0 Å². The lowest BCUT2D eigenvalue weighted by Crippen LogP contribution is -2.60. The molecule has 0 unspecified atom stereocenters. The zero-order valence-electron chi connectivity index (χ0n) is 23.3. The summed E-state index contributed by atoms with van der Waals surface area (Å²) in [6.07, 6.45) is 0. The van der Waals surface area contributed by atoms with Crippen molar-refractivity contribution in [2.75, 3.05) is 0 Å². The van der Waals surface area contributed by atoms with E-state index in [1.165, 1.54) is 0 Å².